The van der Waals surface area contributed by atoms with Crippen molar-refractivity contribution in [2.75, 3.05) is 6.54 Å². The Morgan fingerprint density at radius 3 is 2.33 bits per heavy atom. The van der Waals surface area contributed by atoms with Gasteiger partial charge in [0.05, 0.1) is 6.10 Å². The predicted molar refractivity (Wildman–Crippen MR) is 65.0 cm³/mol. The molecule has 0 aromatic carbocycles. The minimum Gasteiger partial charge on any atom is -0.392 e. The molecule has 0 aromatic rings. The van der Waals surface area contributed by atoms with Crippen LogP contribution in [0.5, 0.6) is 0 Å². The second-order valence-corrected chi connectivity index (χ2v) is 5.01. The van der Waals surface area contributed by atoms with E-state index in [-0.39, 0.29) is 6.10 Å². The van der Waals surface area contributed by atoms with E-state index in [2.05, 4.69) is 12.2 Å². The predicted octanol–water partition coefficient (Wildman–Crippen LogP) is 2.71. The molecule has 1 aliphatic carbocycles. The number of aliphatic hydroxyl groups excluding tert-OH is 1. The molecule has 0 amide bonds. The van der Waals surface area contributed by atoms with E-state index >= 15 is 0 Å². The summed E-state index contributed by atoms with van der Waals surface area (Å²) in [6, 6.07) is 0.573. The smallest absolute Gasteiger partial charge is 0.0662 e. The number of aliphatic hydroxyl groups is 1. The average molecular weight is 213 g/mol. The van der Waals surface area contributed by atoms with E-state index in [0.29, 0.717) is 6.04 Å². The van der Waals surface area contributed by atoms with Gasteiger partial charge in [0.1, 0.15) is 0 Å². The summed E-state index contributed by atoms with van der Waals surface area (Å²) in [5.74, 6) is 0.830. The van der Waals surface area contributed by atoms with Gasteiger partial charge in [-0.15, -0.1) is 0 Å². The van der Waals surface area contributed by atoms with Crippen LogP contribution in [0.1, 0.15) is 58.8 Å². The lowest BCUT2D eigenvalue weighted by Gasteiger charge is -2.24. The van der Waals surface area contributed by atoms with Crippen LogP contribution in [0, 0.1) is 5.92 Å². The Bertz CT molecular complexity index is 153. The first-order chi connectivity index (χ1) is 7.24. The van der Waals surface area contributed by atoms with E-state index in [0.717, 1.165) is 18.9 Å². The average Bonchev–Trinajstić information content (AvgIpc) is 2.53. The van der Waals surface area contributed by atoms with Crippen molar-refractivity contribution in [2.45, 2.75) is 70.9 Å². The molecular formula is C13H27NO. The molecule has 1 fully saturated rings. The summed E-state index contributed by atoms with van der Waals surface area (Å²) in [6.45, 7) is 5.06. The lowest BCUT2D eigenvalue weighted by Crippen LogP contribution is -2.38. The Kier molecular flexibility index (Phi) is 6.26. The lowest BCUT2D eigenvalue weighted by molar-refractivity contribution is 0.157. The van der Waals surface area contributed by atoms with Gasteiger partial charge in [-0.05, 0) is 32.1 Å². The second-order valence-electron chi connectivity index (χ2n) is 5.01. The summed E-state index contributed by atoms with van der Waals surface area (Å²) in [7, 11) is 0. The van der Waals surface area contributed by atoms with Gasteiger partial charge in [0.2, 0.25) is 0 Å². The fraction of sp³-hybridized carbons (Fsp3) is 1.00. The first-order valence-electron chi connectivity index (χ1n) is 6.65. The van der Waals surface area contributed by atoms with Gasteiger partial charge in [-0.3, -0.25) is 0 Å². The van der Waals surface area contributed by atoms with E-state index in [4.69, 9.17) is 0 Å². The molecule has 2 atom stereocenters. The van der Waals surface area contributed by atoms with Crippen molar-refractivity contribution >= 4 is 0 Å². The van der Waals surface area contributed by atoms with Crippen LogP contribution in [0.15, 0.2) is 0 Å². The van der Waals surface area contributed by atoms with Crippen molar-refractivity contribution in [3.05, 3.63) is 0 Å². The van der Waals surface area contributed by atoms with Gasteiger partial charge in [0, 0.05) is 12.6 Å². The Balaban J connectivity index is 2.22. The van der Waals surface area contributed by atoms with Gasteiger partial charge in [-0.2, -0.15) is 0 Å². The van der Waals surface area contributed by atoms with Crippen molar-refractivity contribution in [1.29, 1.82) is 0 Å². The van der Waals surface area contributed by atoms with Crippen LogP contribution in [0.25, 0.3) is 0 Å². The molecule has 1 aliphatic rings. The molecule has 2 N–H and O–H groups in total. The Morgan fingerprint density at radius 1 is 1.20 bits per heavy atom. The molecule has 0 heterocycles. The first-order valence-corrected chi connectivity index (χ1v) is 6.65. The normalized spacial score (nSPS) is 23.4. The quantitative estimate of drug-likeness (QED) is 0.688. The summed E-state index contributed by atoms with van der Waals surface area (Å²) >= 11 is 0. The molecule has 1 saturated carbocycles. The molecule has 0 aliphatic heterocycles. The molecule has 1 unspecified atom stereocenters. The second kappa shape index (κ2) is 7.24. The summed E-state index contributed by atoms with van der Waals surface area (Å²) in [5.41, 5.74) is 0. The maximum absolute atomic E-state index is 9.50. The molecule has 0 radical (unpaired) electrons. The number of hydrogen-bond donors (Lipinski definition) is 2. The van der Waals surface area contributed by atoms with Crippen LogP contribution in [0.2, 0.25) is 0 Å². The molecule has 0 spiro atoms. The van der Waals surface area contributed by atoms with Crippen LogP contribution < -0.4 is 5.32 Å². The topological polar surface area (TPSA) is 32.3 Å². The van der Waals surface area contributed by atoms with Crippen molar-refractivity contribution in [2.24, 2.45) is 5.92 Å². The first kappa shape index (κ1) is 13.0. The highest BCUT2D eigenvalue weighted by Crippen LogP contribution is 2.25. The minimum atomic E-state index is -0.168. The summed E-state index contributed by atoms with van der Waals surface area (Å²) in [6.07, 6.45) is 9.05. The van der Waals surface area contributed by atoms with Crippen LogP contribution in [-0.4, -0.2) is 23.8 Å². The Hall–Kier alpha value is -0.0800. The zero-order valence-corrected chi connectivity index (χ0v) is 10.3. The lowest BCUT2D eigenvalue weighted by atomic mass is 9.93. The van der Waals surface area contributed by atoms with Gasteiger partial charge in [-0.1, -0.05) is 32.6 Å². The summed E-state index contributed by atoms with van der Waals surface area (Å²) in [4.78, 5) is 0. The zero-order chi connectivity index (χ0) is 11.1. The van der Waals surface area contributed by atoms with E-state index in [1.807, 2.05) is 6.92 Å². The van der Waals surface area contributed by atoms with Crippen LogP contribution in [0.4, 0.5) is 0 Å². The highest BCUT2D eigenvalue weighted by Gasteiger charge is 2.18. The number of hydrogen-bond acceptors (Lipinski definition) is 2. The molecule has 0 aromatic heterocycles. The summed E-state index contributed by atoms with van der Waals surface area (Å²) < 4.78 is 0. The third kappa shape index (κ3) is 4.98. The van der Waals surface area contributed by atoms with Gasteiger partial charge in [-0.25, -0.2) is 0 Å². The Morgan fingerprint density at radius 2 is 1.80 bits per heavy atom. The third-order valence-corrected chi connectivity index (χ3v) is 3.75. The third-order valence-electron chi connectivity index (χ3n) is 3.75. The van der Waals surface area contributed by atoms with E-state index in [9.17, 15) is 5.11 Å². The molecule has 0 bridgehead atoms. The number of nitrogens with one attached hydrogen (secondary N) is 1. The molecular weight excluding hydrogens is 186 g/mol. The molecule has 15 heavy (non-hydrogen) atoms. The van der Waals surface area contributed by atoms with Crippen molar-refractivity contribution in [3.63, 3.8) is 0 Å². The van der Waals surface area contributed by atoms with E-state index in [1.54, 1.807) is 0 Å². The van der Waals surface area contributed by atoms with E-state index in [1.165, 1.54) is 38.5 Å². The SMILES string of the molecule is CCC(O)CN[C@H](C)C1CCCCCC1. The van der Waals surface area contributed by atoms with Crippen LogP contribution in [0.3, 0.4) is 0 Å². The maximum Gasteiger partial charge on any atom is 0.0662 e. The molecule has 90 valence electrons. The van der Waals surface area contributed by atoms with Gasteiger partial charge in [0.15, 0.2) is 0 Å². The summed E-state index contributed by atoms with van der Waals surface area (Å²) in [5, 5.41) is 13.0. The van der Waals surface area contributed by atoms with Crippen molar-refractivity contribution in [1.82, 2.24) is 5.32 Å². The van der Waals surface area contributed by atoms with Crippen molar-refractivity contribution in [3.8, 4) is 0 Å². The highest BCUT2D eigenvalue weighted by molar-refractivity contribution is 4.75. The number of rotatable bonds is 5. The largest absolute Gasteiger partial charge is 0.392 e. The molecule has 1 rings (SSSR count). The fourth-order valence-electron chi connectivity index (χ4n) is 2.44. The van der Waals surface area contributed by atoms with Crippen LogP contribution >= 0.6 is 0 Å². The zero-order valence-electron chi connectivity index (χ0n) is 10.3. The monoisotopic (exact) mass is 213 g/mol. The minimum absolute atomic E-state index is 0.168. The van der Waals surface area contributed by atoms with Crippen LogP contribution in [-0.2, 0) is 0 Å². The van der Waals surface area contributed by atoms with Gasteiger partial charge < -0.3 is 10.4 Å². The maximum atomic E-state index is 9.50. The molecule has 0 saturated heterocycles. The molecule has 2 nitrogen and oxygen atoms in total. The molecule has 2 heteroatoms. The van der Waals surface area contributed by atoms with Gasteiger partial charge >= 0.3 is 0 Å². The fourth-order valence-corrected chi connectivity index (χ4v) is 2.44. The Labute approximate surface area is 94.5 Å². The van der Waals surface area contributed by atoms with Gasteiger partial charge in [0.25, 0.3) is 0 Å². The standard InChI is InChI=1S/C13H27NO/c1-3-13(15)10-14-11(2)12-8-6-4-5-7-9-12/h11-15H,3-10H2,1-2H3/t11-,13?/m1/s1. The van der Waals surface area contributed by atoms with Crippen molar-refractivity contribution < 1.29 is 5.11 Å². The highest BCUT2D eigenvalue weighted by atomic mass is 16.3. The van der Waals surface area contributed by atoms with E-state index < -0.39 is 0 Å².